The average molecular weight is 212 g/mol. The predicted molar refractivity (Wildman–Crippen MR) is 54.5 cm³/mol. The minimum atomic E-state index is -3.56. The molecular weight excluding hydrogens is 200 g/mol. The van der Waals surface area contributed by atoms with E-state index in [4.69, 9.17) is 5.53 Å². The molecule has 5 heteroatoms. The number of rotatable bonds is 2. The lowest BCUT2D eigenvalue weighted by Gasteiger charge is -2.28. The van der Waals surface area contributed by atoms with E-state index in [0.29, 0.717) is 5.55 Å². The molecule has 0 aliphatic heterocycles. The Balaban J connectivity index is 3.26. The molecule has 0 aromatic heterocycles. The summed E-state index contributed by atoms with van der Waals surface area (Å²) in [6.45, 7) is 3.41. The van der Waals surface area contributed by atoms with Crippen LogP contribution in [0.25, 0.3) is 5.53 Å². The molecule has 0 amide bonds. The molecule has 1 aliphatic rings. The average Bonchev–Trinajstić information content (AvgIpc) is 2.10. The van der Waals surface area contributed by atoms with Crippen molar-refractivity contribution in [3.63, 3.8) is 0 Å². The van der Waals surface area contributed by atoms with Gasteiger partial charge in [-0.05, 0) is 12.8 Å². The Morgan fingerprint density at radius 3 is 2.64 bits per heavy atom. The molecule has 1 aliphatic carbocycles. The molecule has 0 saturated carbocycles. The highest BCUT2D eigenvalue weighted by Gasteiger charge is 2.43. The van der Waals surface area contributed by atoms with Crippen LogP contribution in [0, 0.1) is 5.92 Å². The topological polar surface area (TPSA) is 70.5 Å². The minimum absolute atomic E-state index is 0.143. The van der Waals surface area contributed by atoms with Gasteiger partial charge in [0.15, 0.2) is 0 Å². The van der Waals surface area contributed by atoms with E-state index < -0.39 is 14.6 Å². The van der Waals surface area contributed by atoms with Gasteiger partial charge in [-0.3, -0.25) is 0 Å². The molecule has 0 spiro atoms. The van der Waals surface area contributed by atoms with Crippen molar-refractivity contribution in [1.29, 1.82) is 0 Å². The predicted octanol–water partition coefficient (Wildman–Crippen LogP) is 1.18. The molecule has 1 rings (SSSR count). The summed E-state index contributed by atoms with van der Waals surface area (Å²) >= 11 is 0. The van der Waals surface area contributed by atoms with Crippen molar-refractivity contribution in [1.82, 2.24) is 0 Å². The normalized spacial score (nSPS) is 31.1. The van der Waals surface area contributed by atoms with Crippen LogP contribution in [0.1, 0.15) is 13.8 Å². The SMILES string of the molecule is CC1C=CC=CC1(C)S(=O)(=O)C=[N+]=[N-]. The van der Waals surface area contributed by atoms with E-state index in [9.17, 15) is 8.42 Å². The molecule has 2 atom stereocenters. The number of hydrogen-bond donors (Lipinski definition) is 0. The molecule has 4 nitrogen and oxygen atoms in total. The summed E-state index contributed by atoms with van der Waals surface area (Å²) in [7, 11) is -3.56. The van der Waals surface area contributed by atoms with Crippen LogP contribution in [0.4, 0.5) is 0 Å². The zero-order valence-electron chi connectivity index (χ0n) is 8.08. The molecule has 0 bridgehead atoms. The highest BCUT2D eigenvalue weighted by molar-refractivity contribution is 8.05. The Morgan fingerprint density at radius 1 is 1.50 bits per heavy atom. The smallest absolute Gasteiger partial charge is 0.361 e. The van der Waals surface area contributed by atoms with Crippen LogP contribution in [0.2, 0.25) is 0 Å². The van der Waals surface area contributed by atoms with Crippen molar-refractivity contribution in [2.75, 3.05) is 0 Å². The Morgan fingerprint density at radius 2 is 2.14 bits per heavy atom. The summed E-state index contributed by atoms with van der Waals surface area (Å²) < 4.78 is 22.4. The first kappa shape index (κ1) is 10.9. The highest BCUT2D eigenvalue weighted by atomic mass is 32.2. The fourth-order valence-electron chi connectivity index (χ4n) is 1.35. The van der Waals surface area contributed by atoms with Gasteiger partial charge in [0.2, 0.25) is 0 Å². The third kappa shape index (κ3) is 1.56. The van der Waals surface area contributed by atoms with Crippen molar-refractivity contribution in [2.45, 2.75) is 18.6 Å². The van der Waals surface area contributed by atoms with E-state index in [1.54, 1.807) is 25.2 Å². The van der Waals surface area contributed by atoms with Gasteiger partial charge in [-0.2, -0.15) is 4.79 Å². The van der Waals surface area contributed by atoms with Gasteiger partial charge in [0.25, 0.3) is 9.84 Å². The molecule has 76 valence electrons. The summed E-state index contributed by atoms with van der Waals surface area (Å²) in [5.74, 6) is -0.143. The third-order valence-electron chi connectivity index (χ3n) is 2.64. The third-order valence-corrected chi connectivity index (χ3v) is 4.75. The van der Waals surface area contributed by atoms with Gasteiger partial charge in [0.05, 0.1) is 0 Å². The second-order valence-corrected chi connectivity index (χ2v) is 5.66. The van der Waals surface area contributed by atoms with Crippen molar-refractivity contribution >= 4 is 15.4 Å². The lowest BCUT2D eigenvalue weighted by molar-refractivity contribution is 0.00738. The number of nitrogens with zero attached hydrogens (tertiary/aromatic N) is 2. The summed E-state index contributed by atoms with van der Waals surface area (Å²) in [5, 5.41) is 0. The van der Waals surface area contributed by atoms with E-state index in [2.05, 4.69) is 4.79 Å². The second kappa shape index (κ2) is 3.52. The summed E-state index contributed by atoms with van der Waals surface area (Å²) in [6, 6.07) is 0. The summed E-state index contributed by atoms with van der Waals surface area (Å²) in [6.07, 6.45) is 6.90. The van der Waals surface area contributed by atoms with E-state index in [1.165, 1.54) is 0 Å². The van der Waals surface area contributed by atoms with Gasteiger partial charge in [-0.1, -0.05) is 31.2 Å². The Kier molecular flexibility index (Phi) is 2.73. The zero-order chi connectivity index (χ0) is 10.8. The monoisotopic (exact) mass is 212 g/mol. The van der Waals surface area contributed by atoms with Crippen LogP contribution >= 0.6 is 0 Å². The first-order valence-corrected chi connectivity index (χ1v) is 5.77. The lowest BCUT2D eigenvalue weighted by atomic mass is 9.91. The first-order valence-electron chi connectivity index (χ1n) is 4.22. The summed E-state index contributed by atoms with van der Waals surface area (Å²) in [4.78, 5) is 2.59. The maximum absolute atomic E-state index is 11.7. The van der Waals surface area contributed by atoms with E-state index in [0.717, 1.165) is 0 Å². The van der Waals surface area contributed by atoms with Gasteiger partial charge in [0.1, 0.15) is 4.75 Å². The maximum Gasteiger partial charge on any atom is 0.371 e. The largest absolute Gasteiger partial charge is 0.371 e. The number of sulfone groups is 1. The molecule has 0 N–H and O–H groups in total. The van der Waals surface area contributed by atoms with Crippen LogP contribution in [-0.2, 0) is 9.84 Å². The van der Waals surface area contributed by atoms with Gasteiger partial charge in [-0.25, -0.2) is 8.42 Å². The molecule has 0 aromatic carbocycles. The molecular formula is C9H12N2O2S. The van der Waals surface area contributed by atoms with Gasteiger partial charge < -0.3 is 5.53 Å². The van der Waals surface area contributed by atoms with Crippen molar-refractivity contribution in [3.8, 4) is 0 Å². The Hall–Kier alpha value is -1.19. The molecule has 0 saturated heterocycles. The summed E-state index contributed by atoms with van der Waals surface area (Å²) in [5.41, 5.74) is 8.87. The molecule has 0 radical (unpaired) electrons. The van der Waals surface area contributed by atoms with Crippen LogP contribution in [0.5, 0.6) is 0 Å². The number of hydrogen-bond acceptors (Lipinski definition) is 2. The number of allylic oxidation sites excluding steroid dienone is 3. The van der Waals surface area contributed by atoms with Gasteiger partial charge >= 0.3 is 5.55 Å². The molecule has 14 heavy (non-hydrogen) atoms. The van der Waals surface area contributed by atoms with Crippen molar-refractivity contribution in [3.05, 3.63) is 29.8 Å². The van der Waals surface area contributed by atoms with Crippen LogP contribution < -0.4 is 0 Å². The quantitative estimate of drug-likeness (QED) is 0.298. The Bertz CT molecular complexity index is 430. The van der Waals surface area contributed by atoms with Crippen LogP contribution in [-0.4, -0.2) is 23.5 Å². The lowest BCUT2D eigenvalue weighted by Crippen LogP contribution is -2.40. The maximum atomic E-state index is 11.7. The standard InChI is InChI=1S/C9H12N2O2S/c1-8-5-3-4-6-9(8,2)14(12,13)7-11-10/h3-8H,1-2H3. The molecule has 0 heterocycles. The molecule has 2 unspecified atom stereocenters. The first-order chi connectivity index (χ1) is 6.44. The fraction of sp³-hybridized carbons (Fsp3) is 0.444. The second-order valence-electron chi connectivity index (χ2n) is 3.48. The fourth-order valence-corrected chi connectivity index (χ4v) is 2.57. The van der Waals surface area contributed by atoms with Crippen molar-refractivity contribution < 1.29 is 13.2 Å². The zero-order valence-corrected chi connectivity index (χ0v) is 8.90. The molecule has 0 fully saturated rings. The van der Waals surface area contributed by atoms with Crippen molar-refractivity contribution in [2.24, 2.45) is 5.92 Å². The Labute approximate surface area is 83.5 Å². The van der Waals surface area contributed by atoms with E-state index >= 15 is 0 Å². The highest BCUT2D eigenvalue weighted by Crippen LogP contribution is 2.31. The van der Waals surface area contributed by atoms with Crippen LogP contribution in [0.3, 0.4) is 0 Å². The van der Waals surface area contributed by atoms with Gasteiger partial charge in [0, 0.05) is 0 Å². The minimum Gasteiger partial charge on any atom is -0.361 e. The van der Waals surface area contributed by atoms with E-state index in [-0.39, 0.29) is 5.92 Å². The van der Waals surface area contributed by atoms with Crippen LogP contribution in [0.15, 0.2) is 24.3 Å². The molecule has 0 aromatic rings. The van der Waals surface area contributed by atoms with E-state index in [1.807, 2.05) is 13.0 Å². The van der Waals surface area contributed by atoms with Gasteiger partial charge in [-0.15, -0.1) is 0 Å².